The van der Waals surface area contributed by atoms with Gasteiger partial charge in [0.25, 0.3) is 0 Å². The number of aliphatic hydroxyl groups is 1. The SMILES string of the molecule is Cc1ccc(CN2CCN(Cc3ccc(F)cc3Cl)CC2CCO)o1. The molecule has 0 spiro atoms. The summed E-state index contributed by atoms with van der Waals surface area (Å²) in [5.41, 5.74) is 0.931. The molecular weight excluding hydrogens is 343 g/mol. The second-order valence-electron chi connectivity index (χ2n) is 6.62. The number of piperazine rings is 1. The summed E-state index contributed by atoms with van der Waals surface area (Å²) < 4.78 is 18.9. The van der Waals surface area contributed by atoms with Gasteiger partial charge in [-0.15, -0.1) is 0 Å². The van der Waals surface area contributed by atoms with Crippen LogP contribution in [0.15, 0.2) is 34.7 Å². The summed E-state index contributed by atoms with van der Waals surface area (Å²) in [4.78, 5) is 4.67. The first-order valence-electron chi connectivity index (χ1n) is 8.61. The summed E-state index contributed by atoms with van der Waals surface area (Å²) in [5.74, 6) is 1.55. The van der Waals surface area contributed by atoms with Crippen LogP contribution in [-0.2, 0) is 13.1 Å². The fraction of sp³-hybridized carbons (Fsp3) is 0.474. The van der Waals surface area contributed by atoms with Gasteiger partial charge in [0.1, 0.15) is 17.3 Å². The molecule has 1 aromatic carbocycles. The molecule has 0 aliphatic carbocycles. The number of hydrogen-bond acceptors (Lipinski definition) is 4. The van der Waals surface area contributed by atoms with Crippen molar-refractivity contribution in [3.63, 3.8) is 0 Å². The van der Waals surface area contributed by atoms with Crippen molar-refractivity contribution in [2.75, 3.05) is 26.2 Å². The second kappa shape index (κ2) is 8.32. The number of furan rings is 1. The van der Waals surface area contributed by atoms with Crippen LogP contribution in [0.5, 0.6) is 0 Å². The number of nitrogens with zero attached hydrogens (tertiary/aromatic N) is 2. The Bertz CT molecular complexity index is 706. The molecule has 3 rings (SSSR count). The minimum atomic E-state index is -0.314. The molecule has 136 valence electrons. The highest BCUT2D eigenvalue weighted by Crippen LogP contribution is 2.23. The number of aliphatic hydroxyl groups excluding tert-OH is 1. The first-order valence-corrected chi connectivity index (χ1v) is 8.99. The summed E-state index contributed by atoms with van der Waals surface area (Å²) in [6.07, 6.45) is 0.716. The molecule has 1 aromatic heterocycles. The fourth-order valence-electron chi connectivity index (χ4n) is 3.39. The molecule has 0 bridgehead atoms. The number of halogens is 2. The Hall–Kier alpha value is -1.40. The lowest BCUT2D eigenvalue weighted by atomic mass is 10.1. The van der Waals surface area contributed by atoms with E-state index < -0.39 is 0 Å². The Labute approximate surface area is 152 Å². The van der Waals surface area contributed by atoms with Crippen molar-refractivity contribution in [1.29, 1.82) is 0 Å². The molecule has 1 atom stereocenters. The zero-order chi connectivity index (χ0) is 17.8. The van der Waals surface area contributed by atoms with Gasteiger partial charge in [0.15, 0.2) is 0 Å². The van der Waals surface area contributed by atoms with E-state index >= 15 is 0 Å². The molecular formula is C19H24ClFN2O2. The molecule has 1 fully saturated rings. The molecule has 25 heavy (non-hydrogen) atoms. The van der Waals surface area contributed by atoms with Gasteiger partial charge >= 0.3 is 0 Å². The Morgan fingerprint density at radius 1 is 1.24 bits per heavy atom. The van der Waals surface area contributed by atoms with E-state index in [1.807, 2.05) is 19.1 Å². The van der Waals surface area contributed by atoms with Crippen molar-refractivity contribution >= 4 is 11.6 Å². The predicted molar refractivity (Wildman–Crippen MR) is 96.0 cm³/mol. The second-order valence-corrected chi connectivity index (χ2v) is 7.03. The van der Waals surface area contributed by atoms with Gasteiger partial charge in [0.2, 0.25) is 0 Å². The summed E-state index contributed by atoms with van der Waals surface area (Å²) in [7, 11) is 0. The quantitative estimate of drug-likeness (QED) is 0.850. The van der Waals surface area contributed by atoms with Crippen molar-refractivity contribution < 1.29 is 13.9 Å². The topological polar surface area (TPSA) is 39.9 Å². The first kappa shape index (κ1) is 18.4. The highest BCUT2D eigenvalue weighted by Gasteiger charge is 2.27. The summed E-state index contributed by atoms with van der Waals surface area (Å²) in [6.45, 7) is 6.17. The third-order valence-corrected chi connectivity index (χ3v) is 5.07. The minimum absolute atomic E-state index is 0.156. The molecule has 0 radical (unpaired) electrons. The molecule has 2 aromatic rings. The minimum Gasteiger partial charge on any atom is -0.465 e. The van der Waals surface area contributed by atoms with Gasteiger partial charge < -0.3 is 9.52 Å². The molecule has 0 saturated carbocycles. The normalized spacial score (nSPS) is 19.4. The molecule has 1 aliphatic rings. The van der Waals surface area contributed by atoms with E-state index in [-0.39, 0.29) is 18.5 Å². The Kier molecular flexibility index (Phi) is 6.12. The standard InChI is InChI=1S/C19H24ClFN2O2/c1-14-2-5-18(25-14)13-23-8-7-22(12-17(23)6-9-24)11-15-3-4-16(21)10-19(15)20/h2-5,10,17,24H,6-9,11-13H2,1H3. The lowest BCUT2D eigenvalue weighted by Crippen LogP contribution is -2.52. The summed E-state index contributed by atoms with van der Waals surface area (Å²) in [6, 6.07) is 8.79. The van der Waals surface area contributed by atoms with E-state index in [1.54, 1.807) is 6.07 Å². The van der Waals surface area contributed by atoms with Gasteiger partial charge in [-0.1, -0.05) is 17.7 Å². The summed E-state index contributed by atoms with van der Waals surface area (Å²) >= 11 is 6.16. The predicted octanol–water partition coefficient (Wildman–Crippen LogP) is 3.45. The molecule has 6 heteroatoms. The van der Waals surface area contributed by atoms with Crippen LogP contribution in [0.2, 0.25) is 5.02 Å². The smallest absolute Gasteiger partial charge is 0.124 e. The average molecular weight is 367 g/mol. The van der Waals surface area contributed by atoms with Crippen molar-refractivity contribution in [1.82, 2.24) is 9.80 Å². The average Bonchev–Trinajstić information content (AvgIpc) is 2.98. The Morgan fingerprint density at radius 3 is 2.76 bits per heavy atom. The van der Waals surface area contributed by atoms with Crippen LogP contribution in [0.3, 0.4) is 0 Å². The first-order chi connectivity index (χ1) is 12.0. The maximum atomic E-state index is 13.2. The molecule has 1 aliphatic heterocycles. The molecule has 2 heterocycles. The van der Waals surface area contributed by atoms with Crippen molar-refractivity contribution in [2.45, 2.75) is 32.5 Å². The molecule has 1 N–H and O–H groups in total. The number of benzene rings is 1. The van der Waals surface area contributed by atoms with Crippen LogP contribution >= 0.6 is 11.6 Å². The lowest BCUT2D eigenvalue weighted by molar-refractivity contribution is 0.0454. The van der Waals surface area contributed by atoms with Gasteiger partial charge in [-0.05, 0) is 43.2 Å². The highest BCUT2D eigenvalue weighted by atomic mass is 35.5. The van der Waals surface area contributed by atoms with Gasteiger partial charge in [0, 0.05) is 43.9 Å². The zero-order valence-corrected chi connectivity index (χ0v) is 15.2. The highest BCUT2D eigenvalue weighted by molar-refractivity contribution is 6.31. The van der Waals surface area contributed by atoms with E-state index in [0.717, 1.165) is 43.3 Å². The Morgan fingerprint density at radius 2 is 2.08 bits per heavy atom. The van der Waals surface area contributed by atoms with E-state index in [1.165, 1.54) is 12.1 Å². The van der Waals surface area contributed by atoms with E-state index in [4.69, 9.17) is 16.0 Å². The van der Waals surface area contributed by atoms with Crippen LogP contribution in [-0.4, -0.2) is 47.2 Å². The van der Waals surface area contributed by atoms with Crippen molar-refractivity contribution in [2.24, 2.45) is 0 Å². The summed E-state index contributed by atoms with van der Waals surface area (Å²) in [5, 5.41) is 9.89. The maximum absolute atomic E-state index is 13.2. The molecule has 1 unspecified atom stereocenters. The maximum Gasteiger partial charge on any atom is 0.124 e. The number of aryl methyl sites for hydroxylation is 1. The third kappa shape index (κ3) is 4.82. The zero-order valence-electron chi connectivity index (χ0n) is 14.4. The van der Waals surface area contributed by atoms with Crippen LogP contribution in [0.4, 0.5) is 4.39 Å². The third-order valence-electron chi connectivity index (χ3n) is 4.72. The van der Waals surface area contributed by atoms with Crippen molar-refractivity contribution in [3.05, 3.63) is 58.3 Å². The molecule has 0 amide bonds. The number of hydrogen-bond donors (Lipinski definition) is 1. The number of rotatable bonds is 6. The molecule has 4 nitrogen and oxygen atoms in total. The fourth-order valence-corrected chi connectivity index (χ4v) is 3.62. The van der Waals surface area contributed by atoms with Gasteiger partial charge in [-0.3, -0.25) is 9.80 Å². The van der Waals surface area contributed by atoms with Gasteiger partial charge in [-0.25, -0.2) is 4.39 Å². The van der Waals surface area contributed by atoms with Crippen LogP contribution in [0.25, 0.3) is 0 Å². The lowest BCUT2D eigenvalue weighted by Gasteiger charge is -2.41. The largest absolute Gasteiger partial charge is 0.465 e. The van der Waals surface area contributed by atoms with E-state index in [2.05, 4.69) is 9.80 Å². The van der Waals surface area contributed by atoms with Crippen LogP contribution in [0, 0.1) is 12.7 Å². The van der Waals surface area contributed by atoms with E-state index in [0.29, 0.717) is 18.0 Å². The van der Waals surface area contributed by atoms with Crippen LogP contribution in [0.1, 0.15) is 23.5 Å². The Balaban J connectivity index is 1.64. The molecule has 1 saturated heterocycles. The van der Waals surface area contributed by atoms with Gasteiger partial charge in [0.05, 0.1) is 6.54 Å². The van der Waals surface area contributed by atoms with Crippen LogP contribution < -0.4 is 0 Å². The van der Waals surface area contributed by atoms with E-state index in [9.17, 15) is 9.50 Å². The van der Waals surface area contributed by atoms with Crippen molar-refractivity contribution in [3.8, 4) is 0 Å². The monoisotopic (exact) mass is 366 g/mol. The van der Waals surface area contributed by atoms with Gasteiger partial charge in [-0.2, -0.15) is 0 Å².